The molecule has 0 aromatic heterocycles. The van der Waals surface area contributed by atoms with Gasteiger partial charge in [-0.2, -0.15) is 0 Å². The maximum absolute atomic E-state index is 13.9. The van der Waals surface area contributed by atoms with Gasteiger partial charge in [0.15, 0.2) is 24.1 Å². The van der Waals surface area contributed by atoms with Crippen molar-refractivity contribution in [1.29, 1.82) is 0 Å². The minimum atomic E-state index is -2.28. The molecule has 17 heteroatoms. The van der Waals surface area contributed by atoms with Crippen molar-refractivity contribution >= 4 is 41.6 Å². The fourth-order valence-electron chi connectivity index (χ4n) is 11.9. The maximum Gasteiger partial charge on any atom is 0.342 e. The van der Waals surface area contributed by atoms with Crippen LogP contribution in [0.3, 0.4) is 0 Å². The number of fused-ring (bicyclic) bond motifs is 7. The number of esters is 6. The summed E-state index contributed by atoms with van der Waals surface area (Å²) in [6.45, 7) is 10.2. The number of carbonyl (C=O) groups is 7. The number of methoxy groups -OCH3 is 1. The Morgan fingerprint density at radius 1 is 0.855 bits per heavy atom. The summed E-state index contributed by atoms with van der Waals surface area (Å²) in [5.41, 5.74) is -11.2. The van der Waals surface area contributed by atoms with Crippen molar-refractivity contribution < 1.29 is 82.0 Å². The molecule has 5 rings (SSSR count). The van der Waals surface area contributed by atoms with E-state index in [0.29, 0.717) is 0 Å². The van der Waals surface area contributed by atoms with Crippen LogP contribution in [0.1, 0.15) is 81.6 Å². The third-order valence-electron chi connectivity index (χ3n) is 13.7. The summed E-state index contributed by atoms with van der Waals surface area (Å²) < 4.78 is 41.0. The van der Waals surface area contributed by atoms with E-state index < -0.39 is 143 Å². The number of carbonyl (C=O) groups excluding carboxylic acids is 7. The Bertz CT molecular complexity index is 1710. The third kappa shape index (κ3) is 5.57. The molecule has 1 heterocycles. The van der Waals surface area contributed by atoms with E-state index in [9.17, 15) is 48.9 Å². The molecule has 306 valence electrons. The molecule has 17 nitrogen and oxygen atoms in total. The molecule has 5 aliphatic rings. The van der Waals surface area contributed by atoms with Crippen LogP contribution in [-0.2, 0) is 66.7 Å². The first-order chi connectivity index (χ1) is 25.5. The quantitative estimate of drug-likeness (QED) is 0.126. The van der Waals surface area contributed by atoms with Gasteiger partial charge in [-0.1, -0.05) is 19.9 Å². The Morgan fingerprint density at radius 2 is 1.40 bits per heavy atom. The number of hydrogen-bond donors (Lipinski definition) is 3. The van der Waals surface area contributed by atoms with Gasteiger partial charge >= 0.3 is 35.8 Å². The van der Waals surface area contributed by atoms with E-state index in [0.717, 1.165) is 41.7 Å². The van der Waals surface area contributed by atoms with E-state index in [1.54, 1.807) is 13.8 Å². The number of aliphatic hydroxyl groups excluding tert-OH is 2. The van der Waals surface area contributed by atoms with Crippen LogP contribution in [0.25, 0.3) is 0 Å². The summed E-state index contributed by atoms with van der Waals surface area (Å²) in [5.74, 6) is -8.35. The van der Waals surface area contributed by atoms with Crippen molar-refractivity contribution in [3.63, 3.8) is 0 Å². The minimum absolute atomic E-state index is 0.00735. The topological polar surface area (TPSA) is 248 Å². The first-order valence-corrected chi connectivity index (χ1v) is 18.3. The van der Waals surface area contributed by atoms with Gasteiger partial charge in [0.05, 0.1) is 36.8 Å². The fraction of sp³-hybridized carbons (Fsp3) is 0.763. The SMILES string of the molecule is COC(=O)[C@@]12OC1C(=O)C[C@@]1(O)[C@@H]3CC[C@@]4(C)/C(=C\CO)[C@@](CO)(C(C)OC(C)=O)[C@@H](OC(C)=O)[C@@H](OC(C)=O)[C@@H]4[C@@]3(C)[C@H](OC(C)=O)[C@H](OC(C)=O)[C@@]21C. The predicted octanol–water partition coefficient (Wildman–Crippen LogP) is 0.649. The van der Waals surface area contributed by atoms with Gasteiger partial charge in [-0.3, -0.25) is 28.8 Å². The molecule has 2 unspecified atom stereocenters. The number of Topliss-reactive ketones (excluding diaryl/α,β-unsaturated/α-hetero) is 1. The van der Waals surface area contributed by atoms with Gasteiger partial charge in [-0.05, 0) is 43.6 Å². The van der Waals surface area contributed by atoms with E-state index in [4.69, 9.17) is 33.2 Å². The monoisotopic (exact) mass is 780 g/mol. The minimum Gasteiger partial charge on any atom is -0.467 e. The molecular formula is C38H52O17. The van der Waals surface area contributed by atoms with Crippen LogP contribution in [-0.4, -0.2) is 125 Å². The van der Waals surface area contributed by atoms with Gasteiger partial charge in [0, 0.05) is 52.4 Å². The molecule has 0 amide bonds. The molecule has 4 saturated carbocycles. The van der Waals surface area contributed by atoms with E-state index >= 15 is 0 Å². The van der Waals surface area contributed by atoms with Crippen molar-refractivity contribution in [2.75, 3.05) is 20.3 Å². The lowest BCUT2D eigenvalue weighted by Gasteiger charge is -2.73. The highest BCUT2D eigenvalue weighted by Crippen LogP contribution is 2.77. The summed E-state index contributed by atoms with van der Waals surface area (Å²) in [5, 5.41) is 35.4. The third-order valence-corrected chi connectivity index (χ3v) is 13.7. The summed E-state index contributed by atoms with van der Waals surface area (Å²) in [6.07, 6.45) is -8.44. The maximum atomic E-state index is 13.9. The average Bonchev–Trinajstić information content (AvgIpc) is 3.84. The number of aliphatic hydroxyl groups is 3. The zero-order valence-corrected chi connectivity index (χ0v) is 32.8. The van der Waals surface area contributed by atoms with Gasteiger partial charge in [0.2, 0.25) is 5.60 Å². The van der Waals surface area contributed by atoms with Crippen molar-refractivity contribution in [3.05, 3.63) is 11.6 Å². The molecule has 55 heavy (non-hydrogen) atoms. The highest BCUT2D eigenvalue weighted by Gasteiger charge is 2.92. The molecule has 0 radical (unpaired) electrons. The highest BCUT2D eigenvalue weighted by atomic mass is 16.7. The summed E-state index contributed by atoms with van der Waals surface area (Å²) in [6, 6.07) is 0. The standard InChI is InChI=1S/C38H52O17/c1-17(50-18(2)41)36(16-40)24(12-14-39)33(7)13-11-25-34(8,27(33)26(51-19(3)42)29(36)52-20(4)43)30(53-21(5)44)31(54-22(6)45)35(9)37(25,48)15-23(46)28-38(35,55-28)32(47)49-10/h12,17,25-31,39-40,48H,11,13-16H2,1-10H3/b24-12+/t17?,25-,26+,27+,28?,29+,30-,31+,33+,34+,35-,36-,37-,38+/m1/s1. The van der Waals surface area contributed by atoms with Crippen molar-refractivity contribution in [1.82, 2.24) is 0 Å². The number of rotatable bonds is 9. The van der Waals surface area contributed by atoms with Crippen LogP contribution in [0.15, 0.2) is 11.6 Å². The lowest BCUT2D eigenvalue weighted by molar-refractivity contribution is -0.342. The Balaban J connectivity index is 1.94. The normalized spacial score (nSPS) is 43.9. The van der Waals surface area contributed by atoms with Crippen LogP contribution in [0.5, 0.6) is 0 Å². The summed E-state index contributed by atoms with van der Waals surface area (Å²) in [4.78, 5) is 92.7. The zero-order valence-electron chi connectivity index (χ0n) is 32.8. The van der Waals surface area contributed by atoms with Gasteiger partial charge in [-0.25, -0.2) is 4.79 Å². The number of epoxide rings is 1. The van der Waals surface area contributed by atoms with Crippen LogP contribution >= 0.6 is 0 Å². The molecule has 0 bridgehead atoms. The largest absolute Gasteiger partial charge is 0.467 e. The van der Waals surface area contributed by atoms with Crippen molar-refractivity contribution in [3.8, 4) is 0 Å². The fourth-order valence-corrected chi connectivity index (χ4v) is 11.9. The second-order valence-electron chi connectivity index (χ2n) is 16.3. The van der Waals surface area contributed by atoms with Gasteiger partial charge in [0.1, 0.15) is 18.3 Å². The molecule has 1 aliphatic heterocycles. The van der Waals surface area contributed by atoms with Crippen molar-refractivity contribution in [2.45, 2.75) is 129 Å². The first kappa shape index (κ1) is 42.2. The Hall–Kier alpha value is -3.93. The first-order valence-electron chi connectivity index (χ1n) is 18.3. The Kier molecular flexibility index (Phi) is 10.7. The number of ether oxygens (including phenoxy) is 7. The number of hydrogen-bond acceptors (Lipinski definition) is 17. The van der Waals surface area contributed by atoms with E-state index in [1.165, 1.54) is 19.9 Å². The highest BCUT2D eigenvalue weighted by molar-refractivity contribution is 6.01. The van der Waals surface area contributed by atoms with Crippen LogP contribution in [0, 0.1) is 33.5 Å². The molecule has 0 aromatic rings. The molecule has 5 fully saturated rings. The number of ketones is 1. The predicted molar refractivity (Wildman–Crippen MR) is 183 cm³/mol. The molecule has 0 spiro atoms. The van der Waals surface area contributed by atoms with E-state index in [2.05, 4.69) is 0 Å². The second kappa shape index (κ2) is 13.9. The lowest BCUT2D eigenvalue weighted by atomic mass is 9.32. The second-order valence-corrected chi connectivity index (χ2v) is 16.3. The molecule has 3 N–H and O–H groups in total. The van der Waals surface area contributed by atoms with Gasteiger partial charge in [0.25, 0.3) is 0 Å². The Labute approximate surface area is 318 Å². The zero-order chi connectivity index (χ0) is 41.4. The Morgan fingerprint density at radius 3 is 1.89 bits per heavy atom. The van der Waals surface area contributed by atoms with E-state index in [1.807, 2.05) is 0 Å². The van der Waals surface area contributed by atoms with Crippen LogP contribution in [0.4, 0.5) is 0 Å². The molecular weight excluding hydrogens is 728 g/mol. The van der Waals surface area contributed by atoms with E-state index in [-0.39, 0.29) is 18.4 Å². The smallest absolute Gasteiger partial charge is 0.342 e. The van der Waals surface area contributed by atoms with Crippen LogP contribution in [0.2, 0.25) is 0 Å². The molecule has 0 aromatic carbocycles. The molecule has 1 saturated heterocycles. The summed E-state index contributed by atoms with van der Waals surface area (Å²) >= 11 is 0. The van der Waals surface area contributed by atoms with Gasteiger partial charge < -0.3 is 48.5 Å². The van der Waals surface area contributed by atoms with Crippen LogP contribution < -0.4 is 0 Å². The van der Waals surface area contributed by atoms with Gasteiger partial charge in [-0.15, -0.1) is 0 Å². The average molecular weight is 781 g/mol. The summed E-state index contributed by atoms with van der Waals surface area (Å²) in [7, 11) is 1.07. The van der Waals surface area contributed by atoms with Crippen molar-refractivity contribution in [2.24, 2.45) is 33.5 Å². The molecule has 4 aliphatic carbocycles. The lowest BCUT2D eigenvalue weighted by Crippen LogP contribution is -2.84. The molecule has 14 atom stereocenters.